The van der Waals surface area contributed by atoms with Gasteiger partial charge in [0.1, 0.15) is 0 Å². The fourth-order valence-electron chi connectivity index (χ4n) is 0.710. The Labute approximate surface area is 105 Å². The standard InChI is InChI=1S/C6H5F9O4S/c1-2-18-20(16,17)19-6(14,15)4(9,10)3(7,8)5(11,12)13/h2H2,1H3. The minimum atomic E-state index is -7.24. The molecular weight excluding hydrogens is 339 g/mol. The van der Waals surface area contributed by atoms with Gasteiger partial charge in [-0.3, -0.25) is 0 Å². The van der Waals surface area contributed by atoms with E-state index in [-0.39, 0.29) is 0 Å². The lowest BCUT2D eigenvalue weighted by Gasteiger charge is -2.32. The predicted octanol–water partition coefficient (Wildman–Crippen LogP) is 2.71. The van der Waals surface area contributed by atoms with Crippen LogP contribution in [0.3, 0.4) is 0 Å². The molecule has 0 amide bonds. The summed E-state index contributed by atoms with van der Waals surface area (Å²) in [6.07, 6.45) is -13.8. The molecule has 4 nitrogen and oxygen atoms in total. The summed E-state index contributed by atoms with van der Waals surface area (Å²) in [5.41, 5.74) is 0. The zero-order chi connectivity index (χ0) is 16.6. The number of rotatable bonds is 6. The zero-order valence-electron chi connectivity index (χ0n) is 9.15. The van der Waals surface area contributed by atoms with Gasteiger partial charge in [0.15, 0.2) is 0 Å². The first kappa shape index (κ1) is 19.2. The van der Waals surface area contributed by atoms with Crippen LogP contribution in [0.4, 0.5) is 39.5 Å². The fraction of sp³-hybridized carbons (Fsp3) is 1.00. The van der Waals surface area contributed by atoms with Crippen molar-refractivity contribution in [3.05, 3.63) is 0 Å². The third kappa shape index (κ3) is 3.46. The number of hydrogen-bond acceptors (Lipinski definition) is 4. The summed E-state index contributed by atoms with van der Waals surface area (Å²) in [4.78, 5) is 0. The number of hydrogen-bond donors (Lipinski definition) is 0. The normalized spacial score (nSPS) is 15.5. The van der Waals surface area contributed by atoms with Crippen molar-refractivity contribution in [2.75, 3.05) is 6.61 Å². The molecule has 0 aromatic heterocycles. The van der Waals surface area contributed by atoms with Crippen molar-refractivity contribution in [2.24, 2.45) is 0 Å². The molecule has 0 unspecified atom stereocenters. The van der Waals surface area contributed by atoms with E-state index in [1.807, 2.05) is 0 Å². The summed E-state index contributed by atoms with van der Waals surface area (Å²) in [5, 5.41) is 0. The van der Waals surface area contributed by atoms with Crippen molar-refractivity contribution in [3.63, 3.8) is 0 Å². The second kappa shape index (κ2) is 5.22. The molecule has 0 bridgehead atoms. The second-order valence-electron chi connectivity index (χ2n) is 3.06. The average molecular weight is 344 g/mol. The minimum absolute atomic E-state index is 0.863. The average Bonchev–Trinajstić information content (AvgIpc) is 2.12. The Hall–Kier alpha value is -0.760. The van der Waals surface area contributed by atoms with E-state index < -0.39 is 41.1 Å². The first-order chi connectivity index (χ1) is 8.52. The molecule has 122 valence electrons. The highest BCUT2D eigenvalue weighted by Crippen LogP contribution is 2.53. The van der Waals surface area contributed by atoms with E-state index in [0.29, 0.717) is 0 Å². The molecule has 0 spiro atoms. The lowest BCUT2D eigenvalue weighted by atomic mass is 10.1. The van der Waals surface area contributed by atoms with E-state index in [2.05, 4.69) is 8.37 Å². The van der Waals surface area contributed by atoms with Crippen molar-refractivity contribution < 1.29 is 56.3 Å². The van der Waals surface area contributed by atoms with E-state index in [9.17, 15) is 47.9 Å². The van der Waals surface area contributed by atoms with Crippen LogP contribution >= 0.6 is 0 Å². The molecule has 0 fully saturated rings. The van der Waals surface area contributed by atoms with Gasteiger partial charge in [0.2, 0.25) is 0 Å². The molecule has 0 saturated carbocycles. The zero-order valence-corrected chi connectivity index (χ0v) is 9.97. The molecule has 0 rings (SSSR count). The highest BCUT2D eigenvalue weighted by atomic mass is 32.3. The third-order valence-corrected chi connectivity index (χ3v) is 2.52. The Balaban J connectivity index is 5.59. The molecule has 0 aromatic carbocycles. The van der Waals surface area contributed by atoms with Gasteiger partial charge in [0.05, 0.1) is 6.61 Å². The Morgan fingerprint density at radius 1 is 0.850 bits per heavy atom. The maximum atomic E-state index is 12.6. The Kier molecular flexibility index (Phi) is 5.02. The Bertz CT molecular complexity index is 440. The van der Waals surface area contributed by atoms with Gasteiger partial charge in [0.25, 0.3) is 0 Å². The van der Waals surface area contributed by atoms with Gasteiger partial charge in [-0.1, -0.05) is 0 Å². The Morgan fingerprint density at radius 2 is 1.25 bits per heavy atom. The summed E-state index contributed by atoms with van der Waals surface area (Å²) in [6, 6.07) is 0. The van der Waals surface area contributed by atoms with Crippen molar-refractivity contribution >= 4 is 10.4 Å². The smallest absolute Gasteiger partial charge is 0.248 e. The summed E-state index contributed by atoms with van der Waals surface area (Å²) in [7, 11) is -5.91. The van der Waals surface area contributed by atoms with Gasteiger partial charge in [-0.15, -0.1) is 0 Å². The lowest BCUT2D eigenvalue weighted by Crippen LogP contribution is -2.62. The highest BCUT2D eigenvalue weighted by molar-refractivity contribution is 7.81. The van der Waals surface area contributed by atoms with Crippen LogP contribution in [0.5, 0.6) is 0 Å². The topological polar surface area (TPSA) is 52.6 Å². The van der Waals surface area contributed by atoms with Crippen molar-refractivity contribution in [2.45, 2.75) is 31.1 Å². The van der Waals surface area contributed by atoms with Gasteiger partial charge in [-0.2, -0.15) is 52.1 Å². The second-order valence-corrected chi connectivity index (χ2v) is 4.28. The van der Waals surface area contributed by atoms with Crippen LogP contribution < -0.4 is 0 Å². The van der Waals surface area contributed by atoms with E-state index in [4.69, 9.17) is 0 Å². The van der Waals surface area contributed by atoms with Gasteiger partial charge in [-0.25, -0.2) is 4.18 Å². The molecular formula is C6H5F9O4S. The van der Waals surface area contributed by atoms with Gasteiger partial charge >= 0.3 is 34.5 Å². The summed E-state index contributed by atoms with van der Waals surface area (Å²) >= 11 is 0. The van der Waals surface area contributed by atoms with E-state index in [0.717, 1.165) is 6.92 Å². The predicted molar refractivity (Wildman–Crippen MR) is 42.5 cm³/mol. The first-order valence-electron chi connectivity index (χ1n) is 4.32. The fourth-order valence-corrected chi connectivity index (χ4v) is 1.41. The molecule has 0 heterocycles. The minimum Gasteiger partial charge on any atom is -0.248 e. The van der Waals surface area contributed by atoms with Crippen LogP contribution in [-0.4, -0.2) is 39.2 Å². The van der Waals surface area contributed by atoms with Crippen molar-refractivity contribution in [1.29, 1.82) is 0 Å². The summed E-state index contributed by atoms with van der Waals surface area (Å²) in [5.74, 6) is -14.4. The van der Waals surface area contributed by atoms with Crippen LogP contribution in [0, 0.1) is 0 Å². The number of alkyl halides is 9. The monoisotopic (exact) mass is 344 g/mol. The summed E-state index contributed by atoms with van der Waals surface area (Å²) in [6.45, 7) is -0.0544. The number of halogens is 9. The SMILES string of the molecule is CCOS(=O)(=O)OC(F)(F)C(F)(F)C(F)(F)C(F)(F)F. The van der Waals surface area contributed by atoms with Gasteiger partial charge < -0.3 is 0 Å². The highest BCUT2D eigenvalue weighted by Gasteiger charge is 2.83. The molecule has 0 aromatic rings. The molecule has 14 heteroatoms. The van der Waals surface area contributed by atoms with E-state index in [1.165, 1.54) is 0 Å². The van der Waals surface area contributed by atoms with Crippen LogP contribution in [0.2, 0.25) is 0 Å². The first-order valence-corrected chi connectivity index (χ1v) is 5.65. The molecule has 0 aliphatic rings. The molecule has 0 aliphatic carbocycles. The quantitative estimate of drug-likeness (QED) is 0.696. The van der Waals surface area contributed by atoms with E-state index in [1.54, 1.807) is 0 Å². The lowest BCUT2D eigenvalue weighted by molar-refractivity contribution is -0.428. The van der Waals surface area contributed by atoms with Crippen LogP contribution in [0.1, 0.15) is 6.92 Å². The van der Waals surface area contributed by atoms with Gasteiger partial charge in [-0.05, 0) is 6.92 Å². The maximum Gasteiger partial charge on any atom is 0.460 e. The van der Waals surface area contributed by atoms with Crippen molar-refractivity contribution in [1.82, 2.24) is 0 Å². The molecule has 0 atom stereocenters. The molecule has 0 saturated heterocycles. The van der Waals surface area contributed by atoms with Crippen LogP contribution in [0.15, 0.2) is 0 Å². The summed E-state index contributed by atoms with van der Waals surface area (Å²) < 4.78 is 137. The molecule has 0 N–H and O–H groups in total. The largest absolute Gasteiger partial charge is 0.460 e. The molecule has 0 aliphatic heterocycles. The third-order valence-electron chi connectivity index (χ3n) is 1.58. The van der Waals surface area contributed by atoms with Gasteiger partial charge in [0, 0.05) is 0 Å². The van der Waals surface area contributed by atoms with Crippen LogP contribution in [-0.2, 0) is 18.8 Å². The van der Waals surface area contributed by atoms with Crippen LogP contribution in [0.25, 0.3) is 0 Å². The van der Waals surface area contributed by atoms with E-state index >= 15 is 0 Å². The van der Waals surface area contributed by atoms with Crippen molar-refractivity contribution in [3.8, 4) is 0 Å². The Morgan fingerprint density at radius 3 is 1.55 bits per heavy atom. The molecule has 0 radical (unpaired) electrons. The molecule has 20 heavy (non-hydrogen) atoms. The maximum absolute atomic E-state index is 12.6.